The Bertz CT molecular complexity index is 480. The number of hydrogen-bond donors (Lipinski definition) is 0. The van der Waals surface area contributed by atoms with Crippen molar-refractivity contribution >= 4 is 10.8 Å². The molecule has 0 atom stereocenters. The first-order chi connectivity index (χ1) is 6.92. The van der Waals surface area contributed by atoms with Gasteiger partial charge in [0.15, 0.2) is 6.61 Å². The predicted octanol–water partition coefficient (Wildman–Crippen LogP) is 2.74. The van der Waals surface area contributed by atoms with E-state index < -0.39 is 0 Å². The highest BCUT2D eigenvalue weighted by molar-refractivity contribution is 5.88. The Morgan fingerprint density at radius 3 is 2.71 bits per heavy atom. The Labute approximate surface area is 82.3 Å². The third kappa shape index (κ3) is 1.53. The number of rotatable bonds is 2. The van der Waals surface area contributed by atoms with Gasteiger partial charge in [0, 0.05) is 5.39 Å². The molecule has 68 valence electrons. The molecule has 0 aliphatic carbocycles. The van der Waals surface area contributed by atoms with Gasteiger partial charge < -0.3 is 4.74 Å². The zero-order valence-electron chi connectivity index (χ0n) is 7.60. The zero-order chi connectivity index (χ0) is 9.80. The highest BCUT2D eigenvalue weighted by atomic mass is 16.5. The van der Waals surface area contributed by atoms with Crippen molar-refractivity contribution in [3.05, 3.63) is 42.5 Å². The summed E-state index contributed by atoms with van der Waals surface area (Å²) in [6.45, 7) is 0.0913. The van der Waals surface area contributed by atoms with Gasteiger partial charge in [0.05, 0.1) is 0 Å². The minimum atomic E-state index is 0.0913. The van der Waals surface area contributed by atoms with Gasteiger partial charge in [-0.15, -0.1) is 0 Å². The largest absolute Gasteiger partial charge is 0.478 e. The quantitative estimate of drug-likeness (QED) is 0.717. The third-order valence-electron chi connectivity index (χ3n) is 2.04. The molecule has 0 bridgehead atoms. The first-order valence-electron chi connectivity index (χ1n) is 4.39. The van der Waals surface area contributed by atoms with Gasteiger partial charge in [0.1, 0.15) is 11.8 Å². The highest BCUT2D eigenvalue weighted by Crippen LogP contribution is 2.24. The molecule has 0 aromatic heterocycles. The summed E-state index contributed by atoms with van der Waals surface area (Å²) in [4.78, 5) is 0. The molecule has 0 saturated heterocycles. The van der Waals surface area contributed by atoms with Crippen LogP contribution in [0.5, 0.6) is 5.75 Å². The predicted molar refractivity (Wildman–Crippen MR) is 55.1 cm³/mol. The lowest BCUT2D eigenvalue weighted by Crippen LogP contribution is -1.93. The van der Waals surface area contributed by atoms with E-state index >= 15 is 0 Å². The molecule has 0 N–H and O–H groups in total. The summed E-state index contributed by atoms with van der Waals surface area (Å²) in [7, 11) is 0. The maximum atomic E-state index is 8.42. The van der Waals surface area contributed by atoms with Gasteiger partial charge in [-0.25, -0.2) is 0 Å². The van der Waals surface area contributed by atoms with Gasteiger partial charge in [-0.1, -0.05) is 36.4 Å². The monoisotopic (exact) mass is 183 g/mol. The lowest BCUT2D eigenvalue weighted by molar-refractivity contribution is 0.372. The molecular weight excluding hydrogens is 174 g/mol. The van der Waals surface area contributed by atoms with Crippen LogP contribution in [0.15, 0.2) is 42.5 Å². The number of benzene rings is 2. The Kier molecular flexibility index (Phi) is 2.33. The second-order valence-electron chi connectivity index (χ2n) is 2.92. The number of nitriles is 1. The van der Waals surface area contributed by atoms with Crippen LogP contribution in [0.2, 0.25) is 0 Å². The molecule has 0 radical (unpaired) electrons. The second-order valence-corrected chi connectivity index (χ2v) is 2.92. The molecule has 2 rings (SSSR count). The van der Waals surface area contributed by atoms with E-state index in [-0.39, 0.29) is 6.61 Å². The van der Waals surface area contributed by atoms with Crippen LogP contribution < -0.4 is 4.74 Å². The summed E-state index contributed by atoms with van der Waals surface area (Å²) in [5.74, 6) is 0.768. The Morgan fingerprint density at radius 1 is 1.07 bits per heavy atom. The van der Waals surface area contributed by atoms with Gasteiger partial charge in [-0.05, 0) is 11.5 Å². The van der Waals surface area contributed by atoms with Gasteiger partial charge in [0.25, 0.3) is 0 Å². The van der Waals surface area contributed by atoms with Crippen molar-refractivity contribution in [1.82, 2.24) is 0 Å². The lowest BCUT2D eigenvalue weighted by atomic mass is 10.1. The van der Waals surface area contributed by atoms with E-state index in [0.717, 1.165) is 16.5 Å². The van der Waals surface area contributed by atoms with Crippen LogP contribution in [-0.2, 0) is 0 Å². The lowest BCUT2D eigenvalue weighted by Gasteiger charge is -2.05. The molecule has 2 nitrogen and oxygen atoms in total. The third-order valence-corrected chi connectivity index (χ3v) is 2.04. The van der Waals surface area contributed by atoms with E-state index in [2.05, 4.69) is 0 Å². The van der Waals surface area contributed by atoms with Crippen LogP contribution in [0.4, 0.5) is 0 Å². The van der Waals surface area contributed by atoms with Crippen molar-refractivity contribution < 1.29 is 4.74 Å². The van der Waals surface area contributed by atoms with E-state index in [1.54, 1.807) is 0 Å². The van der Waals surface area contributed by atoms with Gasteiger partial charge >= 0.3 is 0 Å². The van der Waals surface area contributed by atoms with E-state index in [1.807, 2.05) is 48.5 Å². The van der Waals surface area contributed by atoms with E-state index in [1.165, 1.54) is 0 Å². The molecule has 0 saturated carbocycles. The van der Waals surface area contributed by atoms with Crippen LogP contribution >= 0.6 is 0 Å². The molecule has 2 aromatic carbocycles. The number of hydrogen-bond acceptors (Lipinski definition) is 2. The summed E-state index contributed by atoms with van der Waals surface area (Å²) < 4.78 is 5.31. The molecule has 0 fully saturated rings. The van der Waals surface area contributed by atoms with Gasteiger partial charge in [0.2, 0.25) is 0 Å². The molecule has 2 heteroatoms. The normalized spacial score (nSPS) is 9.64. The zero-order valence-corrected chi connectivity index (χ0v) is 7.60. The Balaban J connectivity index is 2.49. The molecular formula is C12H9NO. The standard InChI is InChI=1S/C12H9NO/c13-8-9-14-12-7-3-5-10-4-1-2-6-11(10)12/h1-7H,9H2. The smallest absolute Gasteiger partial charge is 0.174 e. The molecule has 0 amide bonds. The first kappa shape index (κ1) is 8.58. The van der Waals surface area contributed by atoms with Crippen molar-refractivity contribution in [3.63, 3.8) is 0 Å². The van der Waals surface area contributed by atoms with Crippen molar-refractivity contribution in [2.45, 2.75) is 0 Å². The summed E-state index contributed by atoms with van der Waals surface area (Å²) in [6.07, 6.45) is 0. The molecule has 2 aromatic rings. The summed E-state index contributed by atoms with van der Waals surface area (Å²) in [6, 6.07) is 15.7. The van der Waals surface area contributed by atoms with Crippen LogP contribution in [0.25, 0.3) is 10.8 Å². The van der Waals surface area contributed by atoms with E-state index in [9.17, 15) is 0 Å². The van der Waals surface area contributed by atoms with Crippen LogP contribution in [0.1, 0.15) is 0 Å². The summed E-state index contributed by atoms with van der Waals surface area (Å²) in [5.41, 5.74) is 0. The van der Waals surface area contributed by atoms with Crippen LogP contribution in [0, 0.1) is 11.3 Å². The van der Waals surface area contributed by atoms with E-state index in [0.29, 0.717) is 0 Å². The molecule has 0 aliphatic heterocycles. The maximum Gasteiger partial charge on any atom is 0.174 e. The van der Waals surface area contributed by atoms with Crippen molar-refractivity contribution in [2.24, 2.45) is 0 Å². The summed E-state index contributed by atoms with van der Waals surface area (Å²) in [5, 5.41) is 10.6. The van der Waals surface area contributed by atoms with Crippen molar-refractivity contribution in [1.29, 1.82) is 5.26 Å². The fourth-order valence-electron chi connectivity index (χ4n) is 1.43. The average Bonchev–Trinajstić information content (AvgIpc) is 2.26. The number of ether oxygens (including phenoxy) is 1. The second kappa shape index (κ2) is 3.80. The average molecular weight is 183 g/mol. The first-order valence-corrected chi connectivity index (χ1v) is 4.39. The Morgan fingerprint density at radius 2 is 1.86 bits per heavy atom. The molecule has 0 aliphatic rings. The summed E-state index contributed by atoms with van der Waals surface area (Å²) >= 11 is 0. The fourth-order valence-corrected chi connectivity index (χ4v) is 1.43. The van der Waals surface area contributed by atoms with Crippen molar-refractivity contribution in [3.8, 4) is 11.8 Å². The minimum Gasteiger partial charge on any atom is -0.478 e. The number of nitrogens with zero attached hydrogens (tertiary/aromatic N) is 1. The van der Waals surface area contributed by atoms with Gasteiger partial charge in [-0.2, -0.15) is 5.26 Å². The minimum absolute atomic E-state index is 0.0913. The van der Waals surface area contributed by atoms with Crippen molar-refractivity contribution in [2.75, 3.05) is 6.61 Å². The topological polar surface area (TPSA) is 33.0 Å². The maximum absolute atomic E-state index is 8.42. The highest BCUT2D eigenvalue weighted by Gasteiger charge is 1.99. The molecule has 0 spiro atoms. The van der Waals surface area contributed by atoms with Crippen LogP contribution in [0.3, 0.4) is 0 Å². The molecule has 0 heterocycles. The SMILES string of the molecule is N#CCOc1cccc2ccccc12. The Hall–Kier alpha value is -2.01. The van der Waals surface area contributed by atoms with Gasteiger partial charge in [-0.3, -0.25) is 0 Å². The number of fused-ring (bicyclic) bond motifs is 1. The van der Waals surface area contributed by atoms with Crippen LogP contribution in [-0.4, -0.2) is 6.61 Å². The molecule has 14 heavy (non-hydrogen) atoms. The van der Waals surface area contributed by atoms with E-state index in [4.69, 9.17) is 10.00 Å². The molecule has 0 unspecified atom stereocenters. The fraction of sp³-hybridized carbons (Fsp3) is 0.0833.